The minimum absolute atomic E-state index is 0.222. The lowest BCUT2D eigenvalue weighted by Gasteiger charge is -2.40. The Kier molecular flexibility index (Phi) is 6.73. The third kappa shape index (κ3) is 5.17. The van der Waals surface area contributed by atoms with Crippen LogP contribution in [0.3, 0.4) is 0 Å². The van der Waals surface area contributed by atoms with E-state index in [9.17, 15) is 0 Å². The monoisotopic (exact) mass is 242 g/mol. The molecule has 1 saturated heterocycles. The lowest BCUT2D eigenvalue weighted by atomic mass is 10.1. The number of aliphatic hydroxyl groups is 2. The van der Waals surface area contributed by atoms with E-state index < -0.39 is 0 Å². The molecule has 1 unspecified atom stereocenters. The number of allylic oxidation sites excluding steroid dienone is 1. The molecular formula is C13H26N2O2. The molecule has 1 heterocycles. The topological polar surface area (TPSA) is 46.9 Å². The van der Waals surface area contributed by atoms with Crippen molar-refractivity contribution >= 4 is 0 Å². The molecular weight excluding hydrogens is 216 g/mol. The molecule has 0 radical (unpaired) electrons. The highest BCUT2D eigenvalue weighted by Crippen LogP contribution is 2.13. The van der Waals surface area contributed by atoms with Crippen molar-refractivity contribution in [1.29, 1.82) is 0 Å². The van der Waals surface area contributed by atoms with Crippen LogP contribution in [-0.4, -0.2) is 72.0 Å². The summed E-state index contributed by atoms with van der Waals surface area (Å²) < 4.78 is 0. The van der Waals surface area contributed by atoms with Crippen molar-refractivity contribution in [2.24, 2.45) is 0 Å². The molecule has 0 bridgehead atoms. The van der Waals surface area contributed by atoms with Crippen molar-refractivity contribution in [2.75, 3.05) is 45.9 Å². The molecule has 1 atom stereocenters. The molecule has 0 amide bonds. The zero-order chi connectivity index (χ0) is 12.7. The maximum absolute atomic E-state index is 9.12. The number of aliphatic hydroxyl groups excluding tert-OH is 2. The van der Waals surface area contributed by atoms with Crippen LogP contribution in [0, 0.1) is 0 Å². The van der Waals surface area contributed by atoms with Gasteiger partial charge in [-0.05, 0) is 20.3 Å². The largest absolute Gasteiger partial charge is 0.396 e. The van der Waals surface area contributed by atoms with Gasteiger partial charge in [-0.1, -0.05) is 11.6 Å². The van der Waals surface area contributed by atoms with Crippen LogP contribution in [0.15, 0.2) is 11.6 Å². The van der Waals surface area contributed by atoms with E-state index in [-0.39, 0.29) is 13.2 Å². The van der Waals surface area contributed by atoms with Crippen LogP contribution in [0.4, 0.5) is 0 Å². The molecule has 0 aliphatic carbocycles. The lowest BCUT2D eigenvalue weighted by molar-refractivity contribution is 0.0580. The zero-order valence-corrected chi connectivity index (χ0v) is 11.1. The first-order chi connectivity index (χ1) is 8.17. The Hall–Kier alpha value is -0.420. The minimum atomic E-state index is 0.222. The summed E-state index contributed by atoms with van der Waals surface area (Å²) in [5.41, 5.74) is 1.34. The number of β-amino-alcohol motifs (C(OH)–C–C–N with tert-alkyl or cyclic N) is 1. The van der Waals surface area contributed by atoms with Gasteiger partial charge in [0.15, 0.2) is 0 Å². The SMILES string of the molecule is CC(C)=CCN1CCN(CCO)CC1CCO. The first-order valence-electron chi connectivity index (χ1n) is 6.49. The molecule has 1 aliphatic heterocycles. The average molecular weight is 242 g/mol. The van der Waals surface area contributed by atoms with E-state index in [1.165, 1.54) is 5.57 Å². The second kappa shape index (κ2) is 7.82. The average Bonchev–Trinajstić information content (AvgIpc) is 2.28. The number of piperazine rings is 1. The van der Waals surface area contributed by atoms with E-state index in [2.05, 4.69) is 29.7 Å². The fraction of sp³-hybridized carbons (Fsp3) is 0.846. The van der Waals surface area contributed by atoms with Gasteiger partial charge in [-0.3, -0.25) is 9.80 Å². The highest BCUT2D eigenvalue weighted by molar-refractivity contribution is 4.97. The van der Waals surface area contributed by atoms with Crippen LogP contribution in [0.25, 0.3) is 0 Å². The third-order valence-corrected chi connectivity index (χ3v) is 3.30. The van der Waals surface area contributed by atoms with Crippen LogP contribution in [0.1, 0.15) is 20.3 Å². The summed E-state index contributed by atoms with van der Waals surface area (Å²) in [4.78, 5) is 4.70. The second-order valence-electron chi connectivity index (χ2n) is 4.97. The molecule has 1 aliphatic rings. The van der Waals surface area contributed by atoms with Gasteiger partial charge in [0.2, 0.25) is 0 Å². The fourth-order valence-corrected chi connectivity index (χ4v) is 2.26. The Balaban J connectivity index is 2.49. The van der Waals surface area contributed by atoms with E-state index in [0.717, 1.165) is 39.1 Å². The Labute approximate surface area is 105 Å². The maximum Gasteiger partial charge on any atom is 0.0558 e. The smallest absolute Gasteiger partial charge is 0.0558 e. The number of hydrogen-bond acceptors (Lipinski definition) is 4. The molecule has 17 heavy (non-hydrogen) atoms. The van der Waals surface area contributed by atoms with Gasteiger partial charge >= 0.3 is 0 Å². The molecule has 0 saturated carbocycles. The Morgan fingerprint density at radius 1 is 1.24 bits per heavy atom. The minimum Gasteiger partial charge on any atom is -0.396 e. The maximum atomic E-state index is 9.12. The van der Waals surface area contributed by atoms with E-state index in [1.807, 2.05) is 0 Å². The highest BCUT2D eigenvalue weighted by atomic mass is 16.3. The molecule has 1 rings (SSSR count). The van der Waals surface area contributed by atoms with Crippen molar-refractivity contribution < 1.29 is 10.2 Å². The van der Waals surface area contributed by atoms with Gasteiger partial charge < -0.3 is 10.2 Å². The van der Waals surface area contributed by atoms with Crippen molar-refractivity contribution in [3.8, 4) is 0 Å². The quantitative estimate of drug-likeness (QED) is 0.658. The summed E-state index contributed by atoms with van der Waals surface area (Å²) in [7, 11) is 0. The second-order valence-corrected chi connectivity index (χ2v) is 4.97. The Bertz CT molecular complexity index is 240. The molecule has 100 valence electrons. The zero-order valence-electron chi connectivity index (χ0n) is 11.1. The van der Waals surface area contributed by atoms with Gasteiger partial charge in [-0.15, -0.1) is 0 Å². The van der Waals surface area contributed by atoms with Crippen LogP contribution < -0.4 is 0 Å². The summed E-state index contributed by atoms with van der Waals surface area (Å²) in [5.74, 6) is 0. The van der Waals surface area contributed by atoms with E-state index >= 15 is 0 Å². The van der Waals surface area contributed by atoms with Crippen LogP contribution >= 0.6 is 0 Å². The number of hydrogen-bond donors (Lipinski definition) is 2. The molecule has 0 aromatic carbocycles. The molecule has 1 fully saturated rings. The number of rotatable bonds is 6. The van der Waals surface area contributed by atoms with Gasteiger partial charge in [-0.25, -0.2) is 0 Å². The van der Waals surface area contributed by atoms with Crippen molar-refractivity contribution in [3.63, 3.8) is 0 Å². The molecule has 2 N–H and O–H groups in total. The number of nitrogens with zero attached hydrogens (tertiary/aromatic N) is 2. The third-order valence-electron chi connectivity index (χ3n) is 3.30. The molecule has 0 aromatic heterocycles. The standard InChI is InChI=1S/C13H26N2O2/c1-12(2)3-5-15-7-6-14(8-10-17)11-13(15)4-9-16/h3,13,16-17H,4-11H2,1-2H3. The van der Waals surface area contributed by atoms with E-state index in [4.69, 9.17) is 10.2 Å². The normalized spacial score (nSPS) is 22.7. The van der Waals surface area contributed by atoms with Crippen molar-refractivity contribution in [3.05, 3.63) is 11.6 Å². The van der Waals surface area contributed by atoms with E-state index in [1.54, 1.807) is 0 Å². The first-order valence-corrected chi connectivity index (χ1v) is 6.49. The molecule has 0 aromatic rings. The van der Waals surface area contributed by atoms with E-state index in [0.29, 0.717) is 6.04 Å². The fourth-order valence-electron chi connectivity index (χ4n) is 2.26. The van der Waals surface area contributed by atoms with Gasteiger partial charge in [0.25, 0.3) is 0 Å². The molecule has 0 spiro atoms. The summed E-state index contributed by atoms with van der Waals surface area (Å²) >= 11 is 0. The Morgan fingerprint density at radius 3 is 2.59 bits per heavy atom. The van der Waals surface area contributed by atoms with Crippen LogP contribution in [-0.2, 0) is 0 Å². The predicted molar refractivity (Wildman–Crippen MR) is 70.0 cm³/mol. The van der Waals surface area contributed by atoms with Gasteiger partial charge in [0.05, 0.1) is 6.61 Å². The van der Waals surface area contributed by atoms with Crippen LogP contribution in [0.5, 0.6) is 0 Å². The van der Waals surface area contributed by atoms with Gasteiger partial charge in [0.1, 0.15) is 0 Å². The summed E-state index contributed by atoms with van der Waals surface area (Å²) in [6.07, 6.45) is 3.06. The summed E-state index contributed by atoms with van der Waals surface area (Å²) in [5, 5.41) is 18.1. The Morgan fingerprint density at radius 2 is 2.00 bits per heavy atom. The molecule has 4 heteroatoms. The summed E-state index contributed by atoms with van der Waals surface area (Å²) in [6, 6.07) is 0.413. The predicted octanol–water partition coefficient (Wildman–Crippen LogP) is 0.313. The highest BCUT2D eigenvalue weighted by Gasteiger charge is 2.25. The lowest BCUT2D eigenvalue weighted by Crippen LogP contribution is -2.53. The van der Waals surface area contributed by atoms with Gasteiger partial charge in [0, 0.05) is 45.4 Å². The van der Waals surface area contributed by atoms with Crippen LogP contribution in [0.2, 0.25) is 0 Å². The van der Waals surface area contributed by atoms with Gasteiger partial charge in [-0.2, -0.15) is 0 Å². The van der Waals surface area contributed by atoms with Crippen molar-refractivity contribution in [1.82, 2.24) is 9.80 Å². The summed E-state index contributed by atoms with van der Waals surface area (Å²) in [6.45, 7) is 9.40. The first kappa shape index (κ1) is 14.6. The van der Waals surface area contributed by atoms with Crippen molar-refractivity contribution in [2.45, 2.75) is 26.3 Å². The molecule has 4 nitrogen and oxygen atoms in total.